The monoisotopic (exact) mass is 280 g/mol. The minimum absolute atomic E-state index is 0.159. The van der Waals surface area contributed by atoms with Crippen LogP contribution in [0.1, 0.15) is 6.42 Å². The molecule has 2 amide bonds. The van der Waals surface area contributed by atoms with E-state index in [9.17, 15) is 9.59 Å². The molecule has 102 valence electrons. The normalized spacial score (nSPS) is 19.1. The third-order valence-electron chi connectivity index (χ3n) is 2.87. The summed E-state index contributed by atoms with van der Waals surface area (Å²) in [5.41, 5.74) is 6.01. The van der Waals surface area contributed by atoms with Crippen molar-refractivity contribution in [3.8, 4) is 5.75 Å². The average Bonchev–Trinajstić information content (AvgIpc) is 2.71. The van der Waals surface area contributed by atoms with Crippen LogP contribution in [0.5, 0.6) is 5.75 Å². The number of carbonyl (C=O) groups excluding carboxylic acids is 2. The number of thioether (sulfide) groups is 1. The number of methoxy groups -OCH3 is 1. The Morgan fingerprint density at radius 1 is 1.37 bits per heavy atom. The Morgan fingerprint density at radius 2 is 2.05 bits per heavy atom. The molecule has 0 saturated carbocycles. The first-order valence-electron chi connectivity index (χ1n) is 6.00. The largest absolute Gasteiger partial charge is 0.497 e. The second kappa shape index (κ2) is 6.08. The van der Waals surface area contributed by atoms with Crippen molar-refractivity contribution in [2.24, 2.45) is 5.73 Å². The fraction of sp³-hybridized carbons (Fsp3) is 0.385. The van der Waals surface area contributed by atoms with Crippen LogP contribution in [0.15, 0.2) is 24.3 Å². The minimum Gasteiger partial charge on any atom is -0.497 e. The number of rotatable bonds is 5. The van der Waals surface area contributed by atoms with E-state index >= 15 is 0 Å². The third-order valence-corrected chi connectivity index (χ3v) is 4.11. The van der Waals surface area contributed by atoms with Crippen molar-refractivity contribution in [1.82, 2.24) is 0 Å². The number of carbonyl (C=O) groups is 2. The number of nitrogens with two attached hydrogens (primary N) is 1. The highest BCUT2D eigenvalue weighted by atomic mass is 32.2. The fourth-order valence-corrected chi connectivity index (χ4v) is 2.88. The van der Waals surface area contributed by atoms with E-state index in [1.54, 1.807) is 31.4 Å². The van der Waals surface area contributed by atoms with Gasteiger partial charge in [0, 0.05) is 18.7 Å². The molecule has 0 spiro atoms. The summed E-state index contributed by atoms with van der Waals surface area (Å²) >= 11 is 1.44. The molecule has 19 heavy (non-hydrogen) atoms. The molecule has 0 aromatic heterocycles. The summed E-state index contributed by atoms with van der Waals surface area (Å²) in [6.07, 6.45) is 0.246. The molecule has 0 unspecified atom stereocenters. The summed E-state index contributed by atoms with van der Waals surface area (Å²) in [5.74, 6) is 1.05. The van der Waals surface area contributed by atoms with Gasteiger partial charge in [0.2, 0.25) is 11.8 Å². The van der Waals surface area contributed by atoms with Gasteiger partial charge in [-0.25, -0.2) is 4.90 Å². The first-order chi connectivity index (χ1) is 9.17. The second-order valence-electron chi connectivity index (χ2n) is 4.12. The molecule has 1 aliphatic rings. The number of nitrogens with zero attached hydrogens (tertiary/aromatic N) is 1. The van der Waals surface area contributed by atoms with Crippen LogP contribution in [0.2, 0.25) is 0 Å². The molecule has 1 aliphatic heterocycles. The minimum atomic E-state index is -0.307. The molecule has 2 rings (SSSR count). The van der Waals surface area contributed by atoms with Crippen LogP contribution in [0, 0.1) is 0 Å². The Morgan fingerprint density at radius 3 is 2.63 bits per heavy atom. The predicted molar refractivity (Wildman–Crippen MR) is 75.4 cm³/mol. The van der Waals surface area contributed by atoms with Crippen molar-refractivity contribution >= 4 is 29.3 Å². The van der Waals surface area contributed by atoms with Gasteiger partial charge in [0.15, 0.2) is 0 Å². The summed E-state index contributed by atoms with van der Waals surface area (Å²) in [7, 11) is 1.57. The molecule has 1 heterocycles. The Labute approximate surface area is 116 Å². The predicted octanol–water partition coefficient (Wildman–Crippen LogP) is 1.02. The topological polar surface area (TPSA) is 72.6 Å². The molecule has 0 radical (unpaired) electrons. The first kappa shape index (κ1) is 13.9. The van der Waals surface area contributed by atoms with Gasteiger partial charge in [-0.1, -0.05) is 0 Å². The van der Waals surface area contributed by atoms with Crippen molar-refractivity contribution in [3.63, 3.8) is 0 Å². The van der Waals surface area contributed by atoms with Crippen LogP contribution < -0.4 is 15.4 Å². The average molecular weight is 280 g/mol. The number of hydrogen-bond acceptors (Lipinski definition) is 5. The van der Waals surface area contributed by atoms with Gasteiger partial charge < -0.3 is 10.5 Å². The molecular formula is C13H16N2O3S. The maximum atomic E-state index is 12.2. The van der Waals surface area contributed by atoms with Gasteiger partial charge in [0.1, 0.15) is 5.75 Å². The third kappa shape index (κ3) is 2.90. The zero-order valence-corrected chi connectivity index (χ0v) is 11.5. The van der Waals surface area contributed by atoms with Gasteiger partial charge in [-0.2, -0.15) is 0 Å². The number of hydrogen-bond donors (Lipinski definition) is 1. The van der Waals surface area contributed by atoms with Gasteiger partial charge in [0.25, 0.3) is 0 Å². The lowest BCUT2D eigenvalue weighted by molar-refractivity contribution is -0.121. The van der Waals surface area contributed by atoms with Crippen molar-refractivity contribution in [3.05, 3.63) is 24.3 Å². The number of amides is 2. The van der Waals surface area contributed by atoms with E-state index in [0.717, 1.165) is 0 Å². The van der Waals surface area contributed by atoms with E-state index in [2.05, 4.69) is 0 Å². The number of imide groups is 1. The van der Waals surface area contributed by atoms with Crippen LogP contribution in [0.25, 0.3) is 0 Å². The summed E-state index contributed by atoms with van der Waals surface area (Å²) in [5, 5.41) is -0.307. The van der Waals surface area contributed by atoms with Gasteiger partial charge >= 0.3 is 0 Å². The molecule has 5 nitrogen and oxygen atoms in total. The lowest BCUT2D eigenvalue weighted by atomic mass is 10.3. The molecule has 0 aliphatic carbocycles. The Balaban J connectivity index is 2.14. The smallest absolute Gasteiger partial charge is 0.247 e. The van der Waals surface area contributed by atoms with Crippen molar-refractivity contribution in [2.45, 2.75) is 11.7 Å². The summed E-state index contributed by atoms with van der Waals surface area (Å²) < 4.78 is 5.05. The zero-order chi connectivity index (χ0) is 13.8. The van der Waals surface area contributed by atoms with Crippen molar-refractivity contribution < 1.29 is 14.3 Å². The maximum absolute atomic E-state index is 12.2. The van der Waals surface area contributed by atoms with E-state index in [-0.39, 0.29) is 23.5 Å². The molecule has 1 atom stereocenters. The second-order valence-corrected chi connectivity index (χ2v) is 5.43. The van der Waals surface area contributed by atoms with E-state index in [1.807, 2.05) is 0 Å². The highest BCUT2D eigenvalue weighted by molar-refractivity contribution is 8.00. The molecule has 2 N–H and O–H groups in total. The van der Waals surface area contributed by atoms with Crippen molar-refractivity contribution in [1.29, 1.82) is 0 Å². The first-order valence-corrected chi connectivity index (χ1v) is 7.04. The summed E-state index contributed by atoms with van der Waals surface area (Å²) in [4.78, 5) is 25.4. The van der Waals surface area contributed by atoms with Crippen LogP contribution in [0.3, 0.4) is 0 Å². The summed E-state index contributed by atoms with van der Waals surface area (Å²) in [6, 6.07) is 6.89. The Bertz CT molecular complexity index is 475. The molecule has 6 heteroatoms. The molecule has 1 saturated heterocycles. The van der Waals surface area contributed by atoms with Gasteiger partial charge in [-0.15, -0.1) is 11.8 Å². The van der Waals surface area contributed by atoms with E-state index < -0.39 is 0 Å². The Hall–Kier alpha value is -1.53. The number of anilines is 1. The quantitative estimate of drug-likeness (QED) is 0.815. The SMILES string of the molecule is COc1ccc(N2C(=O)C[C@@H](SCCN)C2=O)cc1. The van der Waals surface area contributed by atoms with Crippen LogP contribution in [-0.4, -0.2) is 36.5 Å². The lowest BCUT2D eigenvalue weighted by Crippen LogP contribution is -2.31. The van der Waals surface area contributed by atoms with Gasteiger partial charge in [0.05, 0.1) is 18.0 Å². The fourth-order valence-electron chi connectivity index (χ4n) is 1.95. The van der Waals surface area contributed by atoms with Crippen LogP contribution in [0.4, 0.5) is 5.69 Å². The zero-order valence-electron chi connectivity index (χ0n) is 10.7. The highest BCUT2D eigenvalue weighted by Gasteiger charge is 2.39. The van der Waals surface area contributed by atoms with Crippen molar-refractivity contribution in [2.75, 3.05) is 24.3 Å². The Kier molecular flexibility index (Phi) is 4.44. The van der Waals surface area contributed by atoms with E-state index in [4.69, 9.17) is 10.5 Å². The molecule has 0 bridgehead atoms. The van der Waals surface area contributed by atoms with Crippen LogP contribution >= 0.6 is 11.8 Å². The standard InChI is InChI=1S/C13H16N2O3S/c1-18-10-4-2-9(3-5-10)15-12(16)8-11(13(15)17)19-7-6-14/h2-5,11H,6-8,14H2,1H3/t11-/m1/s1. The summed E-state index contributed by atoms with van der Waals surface area (Å²) in [6.45, 7) is 0.505. The van der Waals surface area contributed by atoms with Gasteiger partial charge in [-0.05, 0) is 24.3 Å². The molecular weight excluding hydrogens is 264 g/mol. The van der Waals surface area contributed by atoms with E-state index in [1.165, 1.54) is 16.7 Å². The van der Waals surface area contributed by atoms with Crippen LogP contribution in [-0.2, 0) is 9.59 Å². The number of benzene rings is 1. The molecule has 1 aromatic carbocycles. The lowest BCUT2D eigenvalue weighted by Gasteiger charge is -2.15. The number of ether oxygens (including phenoxy) is 1. The molecule has 1 aromatic rings. The van der Waals surface area contributed by atoms with Gasteiger partial charge in [-0.3, -0.25) is 9.59 Å². The van der Waals surface area contributed by atoms with E-state index in [0.29, 0.717) is 23.7 Å². The molecule has 1 fully saturated rings. The maximum Gasteiger partial charge on any atom is 0.247 e. The highest BCUT2D eigenvalue weighted by Crippen LogP contribution is 2.30.